The van der Waals surface area contributed by atoms with Crippen LogP contribution in [-0.2, 0) is 9.59 Å². The van der Waals surface area contributed by atoms with Gasteiger partial charge in [0.2, 0.25) is 5.91 Å². The van der Waals surface area contributed by atoms with E-state index in [1.54, 1.807) is 0 Å². The van der Waals surface area contributed by atoms with E-state index in [1.807, 2.05) is 30.3 Å². The first kappa shape index (κ1) is 22.7. The number of ether oxygens (including phenoxy) is 1. The number of halogens is 3. The smallest absolute Gasteiger partial charge is 0.258 e. The Bertz CT molecular complexity index is 888. The highest BCUT2D eigenvalue weighted by molar-refractivity contribution is 6.43. The minimum atomic E-state index is -0.239. The molecule has 1 aliphatic rings. The van der Waals surface area contributed by atoms with Crippen LogP contribution in [0.2, 0.25) is 15.1 Å². The number of piperidine rings is 1. The molecule has 0 bridgehead atoms. The van der Waals surface area contributed by atoms with E-state index in [1.165, 1.54) is 12.1 Å². The second-order valence-electron chi connectivity index (χ2n) is 7.02. The number of carbonyl (C=O) groups excluding carboxylic acids is 2. The molecule has 0 aliphatic carbocycles. The molecule has 1 heterocycles. The van der Waals surface area contributed by atoms with Gasteiger partial charge in [-0.3, -0.25) is 14.5 Å². The minimum Gasteiger partial charge on any atom is -0.482 e. The number of carbonyl (C=O) groups is 2. The zero-order valence-electron chi connectivity index (χ0n) is 16.2. The van der Waals surface area contributed by atoms with Crippen LogP contribution in [0.3, 0.4) is 0 Å². The molecule has 0 atom stereocenters. The summed E-state index contributed by atoms with van der Waals surface area (Å²) in [6.45, 7) is 1.62. The maximum atomic E-state index is 12.2. The molecule has 30 heavy (non-hydrogen) atoms. The van der Waals surface area contributed by atoms with Gasteiger partial charge in [-0.15, -0.1) is 0 Å². The number of hydrogen-bond donors (Lipinski definition) is 2. The molecule has 0 spiro atoms. The quantitative estimate of drug-likeness (QED) is 0.594. The Morgan fingerprint density at radius 2 is 1.63 bits per heavy atom. The molecule has 3 rings (SSSR count). The molecule has 2 N–H and O–H groups in total. The van der Waals surface area contributed by atoms with Crippen LogP contribution in [0, 0.1) is 0 Å². The zero-order chi connectivity index (χ0) is 21.5. The van der Waals surface area contributed by atoms with Crippen LogP contribution >= 0.6 is 34.8 Å². The van der Waals surface area contributed by atoms with E-state index in [-0.39, 0.29) is 24.5 Å². The van der Waals surface area contributed by atoms with Crippen molar-refractivity contribution in [2.24, 2.45) is 0 Å². The summed E-state index contributed by atoms with van der Waals surface area (Å²) in [5, 5.41) is 6.76. The van der Waals surface area contributed by atoms with Crippen LogP contribution in [0.15, 0.2) is 42.5 Å². The number of anilines is 1. The van der Waals surface area contributed by atoms with Gasteiger partial charge < -0.3 is 15.4 Å². The van der Waals surface area contributed by atoms with Gasteiger partial charge in [-0.1, -0.05) is 53.0 Å². The van der Waals surface area contributed by atoms with Crippen molar-refractivity contribution in [2.45, 2.75) is 18.9 Å². The maximum Gasteiger partial charge on any atom is 0.258 e. The number of benzene rings is 2. The van der Waals surface area contributed by atoms with Gasteiger partial charge in [-0.05, 0) is 31.0 Å². The molecular formula is C21H22Cl3N3O3. The summed E-state index contributed by atoms with van der Waals surface area (Å²) in [6, 6.07) is 12.4. The van der Waals surface area contributed by atoms with E-state index in [0.29, 0.717) is 27.4 Å². The number of hydrogen-bond acceptors (Lipinski definition) is 4. The fourth-order valence-electron chi connectivity index (χ4n) is 3.19. The molecule has 2 aromatic carbocycles. The molecule has 2 aromatic rings. The molecule has 160 valence electrons. The van der Waals surface area contributed by atoms with E-state index < -0.39 is 0 Å². The molecular weight excluding hydrogens is 449 g/mol. The number of likely N-dealkylation sites (tertiary alicyclic amines) is 1. The van der Waals surface area contributed by atoms with Crippen molar-refractivity contribution >= 4 is 52.3 Å². The number of nitrogens with one attached hydrogen (secondary N) is 2. The first-order valence-corrected chi connectivity index (χ1v) is 10.7. The lowest BCUT2D eigenvalue weighted by molar-refractivity contribution is -0.124. The standard InChI is InChI=1S/C21H22Cl3N3O3/c22-16-10-18(24)19(11-17(16)23)30-13-21(29)26-15-6-8-27(9-7-15)12-20(28)25-14-4-2-1-3-5-14/h1-5,10-11,15H,6-9,12-13H2,(H,25,28)(H,26,29). The van der Waals surface area contributed by atoms with Gasteiger partial charge in [-0.25, -0.2) is 0 Å². The molecule has 1 fully saturated rings. The summed E-state index contributed by atoms with van der Waals surface area (Å²) < 4.78 is 5.46. The minimum absolute atomic E-state index is 0.0406. The Morgan fingerprint density at radius 1 is 0.967 bits per heavy atom. The predicted molar refractivity (Wildman–Crippen MR) is 120 cm³/mol. The third kappa shape index (κ3) is 6.77. The largest absolute Gasteiger partial charge is 0.482 e. The normalized spacial score (nSPS) is 14.9. The third-order valence-electron chi connectivity index (χ3n) is 4.71. The maximum absolute atomic E-state index is 12.2. The summed E-state index contributed by atoms with van der Waals surface area (Å²) in [4.78, 5) is 26.4. The van der Waals surface area contributed by atoms with Crippen molar-refractivity contribution < 1.29 is 14.3 Å². The van der Waals surface area contributed by atoms with Crippen molar-refractivity contribution in [3.05, 3.63) is 57.5 Å². The summed E-state index contributed by atoms with van der Waals surface area (Å²) in [5.74, 6) is 0.0217. The van der Waals surface area contributed by atoms with E-state index in [4.69, 9.17) is 39.5 Å². The number of nitrogens with zero attached hydrogens (tertiary/aromatic N) is 1. The first-order chi connectivity index (χ1) is 14.4. The molecule has 6 nitrogen and oxygen atoms in total. The van der Waals surface area contributed by atoms with E-state index in [0.717, 1.165) is 31.6 Å². The molecule has 0 radical (unpaired) electrons. The zero-order valence-corrected chi connectivity index (χ0v) is 18.4. The lowest BCUT2D eigenvalue weighted by Gasteiger charge is -2.31. The van der Waals surface area contributed by atoms with Crippen LogP contribution in [0.25, 0.3) is 0 Å². The van der Waals surface area contributed by atoms with Crippen LogP contribution < -0.4 is 15.4 Å². The fourth-order valence-corrected chi connectivity index (χ4v) is 3.78. The lowest BCUT2D eigenvalue weighted by atomic mass is 10.1. The van der Waals surface area contributed by atoms with E-state index in [2.05, 4.69) is 15.5 Å². The van der Waals surface area contributed by atoms with Gasteiger partial charge >= 0.3 is 0 Å². The average Bonchev–Trinajstić information content (AvgIpc) is 2.72. The van der Waals surface area contributed by atoms with Crippen molar-refractivity contribution in [3.63, 3.8) is 0 Å². The Morgan fingerprint density at radius 3 is 2.33 bits per heavy atom. The van der Waals surface area contributed by atoms with Gasteiger partial charge in [0, 0.05) is 30.9 Å². The molecule has 0 aromatic heterocycles. The van der Waals surface area contributed by atoms with Gasteiger partial charge in [0.05, 0.1) is 21.6 Å². The molecule has 0 unspecified atom stereocenters. The van der Waals surface area contributed by atoms with Crippen LogP contribution in [0.1, 0.15) is 12.8 Å². The number of rotatable bonds is 7. The summed E-state index contributed by atoms with van der Waals surface area (Å²) in [5.41, 5.74) is 0.784. The fraction of sp³-hybridized carbons (Fsp3) is 0.333. The van der Waals surface area contributed by atoms with Crippen molar-refractivity contribution in [1.82, 2.24) is 10.2 Å². The van der Waals surface area contributed by atoms with Gasteiger partial charge in [-0.2, -0.15) is 0 Å². The highest BCUT2D eigenvalue weighted by atomic mass is 35.5. The van der Waals surface area contributed by atoms with Crippen molar-refractivity contribution in [3.8, 4) is 5.75 Å². The summed E-state index contributed by atoms with van der Waals surface area (Å²) in [6.07, 6.45) is 1.52. The predicted octanol–water partition coefficient (Wildman–Crippen LogP) is 4.24. The van der Waals surface area contributed by atoms with Crippen molar-refractivity contribution in [2.75, 3.05) is 31.6 Å². The van der Waals surface area contributed by atoms with Gasteiger partial charge in [0.15, 0.2) is 6.61 Å². The molecule has 2 amide bonds. The van der Waals surface area contributed by atoms with Gasteiger partial charge in [0.25, 0.3) is 5.91 Å². The molecule has 1 saturated heterocycles. The number of amides is 2. The second kappa shape index (κ2) is 10.9. The topological polar surface area (TPSA) is 70.7 Å². The molecule has 9 heteroatoms. The summed E-state index contributed by atoms with van der Waals surface area (Å²) in [7, 11) is 0. The average molecular weight is 471 g/mol. The third-order valence-corrected chi connectivity index (χ3v) is 5.73. The Kier molecular flexibility index (Phi) is 8.22. The monoisotopic (exact) mass is 469 g/mol. The molecule has 0 saturated carbocycles. The number of para-hydroxylation sites is 1. The Labute approximate surface area is 190 Å². The van der Waals surface area contributed by atoms with E-state index >= 15 is 0 Å². The highest BCUT2D eigenvalue weighted by Crippen LogP contribution is 2.33. The molecule has 1 aliphatic heterocycles. The van der Waals surface area contributed by atoms with Crippen LogP contribution in [-0.4, -0.2) is 49.0 Å². The van der Waals surface area contributed by atoms with E-state index in [9.17, 15) is 9.59 Å². The SMILES string of the molecule is O=C(CN1CCC(NC(=O)COc2cc(Cl)c(Cl)cc2Cl)CC1)Nc1ccccc1. The first-order valence-electron chi connectivity index (χ1n) is 9.54. The van der Waals surface area contributed by atoms with Crippen molar-refractivity contribution in [1.29, 1.82) is 0 Å². The van der Waals surface area contributed by atoms with Crippen LogP contribution in [0.4, 0.5) is 5.69 Å². The lowest BCUT2D eigenvalue weighted by Crippen LogP contribution is -2.47. The van der Waals surface area contributed by atoms with Gasteiger partial charge in [0.1, 0.15) is 5.75 Å². The second-order valence-corrected chi connectivity index (χ2v) is 8.24. The van der Waals surface area contributed by atoms with Crippen LogP contribution in [0.5, 0.6) is 5.75 Å². The Hall–Kier alpha value is -1.99. The Balaban J connectivity index is 1.37. The summed E-state index contributed by atoms with van der Waals surface area (Å²) >= 11 is 17.9. The highest BCUT2D eigenvalue weighted by Gasteiger charge is 2.22.